The molecule has 1 aliphatic heterocycles. The molecule has 4 heteroatoms. The Morgan fingerprint density at radius 2 is 2.32 bits per heavy atom. The van der Waals surface area contributed by atoms with Crippen LogP contribution in [-0.2, 0) is 16.9 Å². The highest BCUT2D eigenvalue weighted by Gasteiger charge is 2.23. The third-order valence-electron chi connectivity index (χ3n) is 3.72. The first kappa shape index (κ1) is 15.4. The van der Waals surface area contributed by atoms with Crippen molar-refractivity contribution < 1.29 is 4.74 Å². The quantitative estimate of drug-likeness (QED) is 0.826. The SMILES string of the molecule is CCNC(c1cc2c(s1)CCSC2)C(C)CCOC. The fourth-order valence-corrected chi connectivity index (χ4v) is 5.18. The van der Waals surface area contributed by atoms with Gasteiger partial charge >= 0.3 is 0 Å². The smallest absolute Gasteiger partial charge is 0.0465 e. The lowest BCUT2D eigenvalue weighted by Gasteiger charge is -2.23. The third kappa shape index (κ3) is 3.97. The zero-order valence-electron chi connectivity index (χ0n) is 12.2. The number of fused-ring (bicyclic) bond motifs is 1. The van der Waals surface area contributed by atoms with E-state index in [9.17, 15) is 0 Å². The van der Waals surface area contributed by atoms with Crippen molar-refractivity contribution in [1.82, 2.24) is 5.32 Å². The molecule has 1 N–H and O–H groups in total. The van der Waals surface area contributed by atoms with Gasteiger partial charge in [0.2, 0.25) is 0 Å². The summed E-state index contributed by atoms with van der Waals surface area (Å²) in [7, 11) is 1.79. The van der Waals surface area contributed by atoms with Gasteiger partial charge in [0.25, 0.3) is 0 Å². The normalized spacial score (nSPS) is 18.1. The van der Waals surface area contributed by atoms with E-state index in [4.69, 9.17) is 4.74 Å². The van der Waals surface area contributed by atoms with E-state index in [0.717, 1.165) is 19.6 Å². The van der Waals surface area contributed by atoms with Crippen LogP contribution in [0.5, 0.6) is 0 Å². The molecule has 1 aromatic rings. The van der Waals surface area contributed by atoms with Crippen LogP contribution in [0.1, 0.15) is 41.6 Å². The fourth-order valence-electron chi connectivity index (χ4n) is 2.60. The zero-order chi connectivity index (χ0) is 13.7. The molecule has 0 saturated carbocycles. The minimum atomic E-state index is 0.487. The van der Waals surface area contributed by atoms with Gasteiger partial charge in [-0.05, 0) is 42.7 Å². The molecule has 0 amide bonds. The second kappa shape index (κ2) is 7.67. The van der Waals surface area contributed by atoms with E-state index in [2.05, 4.69) is 37.0 Å². The summed E-state index contributed by atoms with van der Waals surface area (Å²) >= 11 is 4.09. The zero-order valence-corrected chi connectivity index (χ0v) is 13.8. The molecular formula is C15H25NOS2. The predicted octanol–water partition coefficient (Wildman–Crippen LogP) is 3.86. The van der Waals surface area contributed by atoms with Crippen molar-refractivity contribution in [2.45, 2.75) is 38.5 Å². The molecule has 0 radical (unpaired) electrons. The van der Waals surface area contributed by atoms with Gasteiger partial charge in [-0.1, -0.05) is 13.8 Å². The molecule has 108 valence electrons. The van der Waals surface area contributed by atoms with E-state index in [1.807, 2.05) is 11.3 Å². The van der Waals surface area contributed by atoms with E-state index in [1.54, 1.807) is 17.6 Å². The highest BCUT2D eigenvalue weighted by Crippen LogP contribution is 2.37. The molecule has 19 heavy (non-hydrogen) atoms. The maximum Gasteiger partial charge on any atom is 0.0465 e. The average molecular weight is 300 g/mol. The van der Waals surface area contributed by atoms with Gasteiger partial charge in [-0.2, -0.15) is 11.8 Å². The van der Waals surface area contributed by atoms with Gasteiger partial charge in [0.1, 0.15) is 0 Å². The van der Waals surface area contributed by atoms with E-state index in [1.165, 1.54) is 22.8 Å². The number of nitrogens with one attached hydrogen (secondary N) is 1. The number of ether oxygens (including phenoxy) is 1. The maximum atomic E-state index is 5.23. The Hall–Kier alpha value is -0.0300. The lowest BCUT2D eigenvalue weighted by Crippen LogP contribution is -2.26. The van der Waals surface area contributed by atoms with E-state index in [0.29, 0.717) is 12.0 Å². The Kier molecular flexibility index (Phi) is 6.20. The second-order valence-corrected chi connectivity index (χ2v) is 7.47. The minimum absolute atomic E-state index is 0.487. The first-order valence-corrected chi connectivity index (χ1v) is 9.15. The van der Waals surface area contributed by atoms with Crippen LogP contribution in [0.3, 0.4) is 0 Å². The minimum Gasteiger partial charge on any atom is -0.385 e. The van der Waals surface area contributed by atoms with Gasteiger partial charge in [-0.25, -0.2) is 0 Å². The lowest BCUT2D eigenvalue weighted by molar-refractivity contribution is 0.171. The Morgan fingerprint density at radius 1 is 1.47 bits per heavy atom. The van der Waals surface area contributed by atoms with Crippen LogP contribution in [0.25, 0.3) is 0 Å². The second-order valence-electron chi connectivity index (χ2n) is 5.19. The summed E-state index contributed by atoms with van der Waals surface area (Å²) in [6.45, 7) is 6.41. The van der Waals surface area contributed by atoms with Crippen LogP contribution in [0.2, 0.25) is 0 Å². The molecule has 0 saturated heterocycles. The fraction of sp³-hybridized carbons (Fsp3) is 0.733. The van der Waals surface area contributed by atoms with E-state index in [-0.39, 0.29) is 0 Å². The predicted molar refractivity (Wildman–Crippen MR) is 86.3 cm³/mol. The van der Waals surface area contributed by atoms with Crippen LogP contribution in [0.15, 0.2) is 6.07 Å². The first-order chi connectivity index (χ1) is 9.26. The first-order valence-electron chi connectivity index (χ1n) is 7.17. The molecule has 0 fully saturated rings. The maximum absolute atomic E-state index is 5.23. The van der Waals surface area contributed by atoms with Crippen LogP contribution in [-0.4, -0.2) is 26.0 Å². The Labute approximate surface area is 125 Å². The number of hydrogen-bond donors (Lipinski definition) is 1. The molecule has 2 heterocycles. The van der Waals surface area contributed by atoms with Gasteiger partial charge in [-0.15, -0.1) is 11.3 Å². The van der Waals surface area contributed by atoms with Gasteiger partial charge < -0.3 is 10.1 Å². The molecule has 0 aliphatic carbocycles. The number of methoxy groups -OCH3 is 1. The largest absolute Gasteiger partial charge is 0.385 e. The number of aryl methyl sites for hydroxylation is 1. The molecule has 2 atom stereocenters. The number of rotatable bonds is 7. The molecule has 0 bridgehead atoms. The summed E-state index contributed by atoms with van der Waals surface area (Å²) in [6, 6.07) is 2.93. The van der Waals surface area contributed by atoms with Crippen molar-refractivity contribution in [3.63, 3.8) is 0 Å². The van der Waals surface area contributed by atoms with Gasteiger partial charge in [0.05, 0.1) is 0 Å². The molecule has 0 spiro atoms. The molecular weight excluding hydrogens is 274 g/mol. The van der Waals surface area contributed by atoms with Crippen LogP contribution in [0.4, 0.5) is 0 Å². The Morgan fingerprint density at radius 3 is 3.00 bits per heavy atom. The molecule has 2 nitrogen and oxygen atoms in total. The van der Waals surface area contributed by atoms with Gasteiger partial charge in [0.15, 0.2) is 0 Å². The van der Waals surface area contributed by atoms with Crippen molar-refractivity contribution in [3.05, 3.63) is 21.4 Å². The highest BCUT2D eigenvalue weighted by molar-refractivity contribution is 7.98. The van der Waals surface area contributed by atoms with Crippen LogP contribution >= 0.6 is 23.1 Å². The average Bonchev–Trinajstić information content (AvgIpc) is 2.85. The van der Waals surface area contributed by atoms with Crippen LogP contribution in [0, 0.1) is 5.92 Å². The molecule has 0 aromatic carbocycles. The lowest BCUT2D eigenvalue weighted by atomic mass is 9.96. The van der Waals surface area contributed by atoms with Crippen molar-refractivity contribution >= 4 is 23.1 Å². The Bertz CT molecular complexity index is 368. The molecule has 1 aromatic heterocycles. The van der Waals surface area contributed by atoms with Gasteiger partial charge in [-0.3, -0.25) is 0 Å². The number of thiophene rings is 1. The topological polar surface area (TPSA) is 21.3 Å². The number of thioether (sulfide) groups is 1. The van der Waals surface area contributed by atoms with E-state index >= 15 is 0 Å². The van der Waals surface area contributed by atoms with Gasteiger partial charge in [0, 0.05) is 35.3 Å². The van der Waals surface area contributed by atoms with Crippen molar-refractivity contribution in [3.8, 4) is 0 Å². The summed E-state index contributed by atoms with van der Waals surface area (Å²) in [5.41, 5.74) is 1.58. The summed E-state index contributed by atoms with van der Waals surface area (Å²) in [4.78, 5) is 3.15. The molecule has 1 aliphatic rings. The monoisotopic (exact) mass is 299 g/mol. The third-order valence-corrected chi connectivity index (χ3v) is 6.05. The summed E-state index contributed by atoms with van der Waals surface area (Å²) < 4.78 is 5.23. The van der Waals surface area contributed by atoms with E-state index < -0.39 is 0 Å². The van der Waals surface area contributed by atoms with Crippen LogP contribution < -0.4 is 5.32 Å². The van der Waals surface area contributed by atoms with Crippen molar-refractivity contribution in [2.24, 2.45) is 5.92 Å². The summed E-state index contributed by atoms with van der Waals surface area (Å²) in [6.07, 6.45) is 2.38. The van der Waals surface area contributed by atoms with Crippen molar-refractivity contribution in [2.75, 3.05) is 26.0 Å². The van der Waals surface area contributed by atoms with Crippen molar-refractivity contribution in [1.29, 1.82) is 0 Å². The molecule has 2 rings (SSSR count). The highest BCUT2D eigenvalue weighted by atomic mass is 32.2. The summed E-state index contributed by atoms with van der Waals surface area (Å²) in [5.74, 6) is 3.11. The standard InChI is InChI=1S/C15H25NOS2/c1-4-16-15(11(2)5-7-17-3)14-9-12-10-18-8-6-13(12)19-14/h9,11,15-16H,4-8,10H2,1-3H3. The number of hydrogen-bond acceptors (Lipinski definition) is 4. The summed E-state index contributed by atoms with van der Waals surface area (Å²) in [5, 5.41) is 3.66. The molecule has 2 unspecified atom stereocenters. The Balaban J connectivity index is 2.11.